The summed E-state index contributed by atoms with van der Waals surface area (Å²) < 4.78 is 0. The predicted molar refractivity (Wildman–Crippen MR) is 67.6 cm³/mol. The molecule has 2 aromatic heterocycles. The first-order valence-electron chi connectivity index (χ1n) is 4.73. The Morgan fingerprint density at radius 1 is 1.60 bits per heavy atom. The van der Waals surface area contributed by atoms with Crippen LogP contribution in [0.5, 0.6) is 0 Å². The van der Waals surface area contributed by atoms with Crippen molar-refractivity contribution < 1.29 is 0 Å². The van der Waals surface area contributed by atoms with Gasteiger partial charge in [0, 0.05) is 6.04 Å². The summed E-state index contributed by atoms with van der Waals surface area (Å²) in [6.45, 7) is 2.15. The number of nitrogens with zero attached hydrogens (tertiary/aromatic N) is 1. The molecule has 2 rings (SSSR count). The van der Waals surface area contributed by atoms with Crippen LogP contribution in [0.3, 0.4) is 0 Å². The van der Waals surface area contributed by atoms with Gasteiger partial charge in [0.25, 0.3) is 0 Å². The first-order chi connectivity index (χ1) is 7.24. The fraction of sp³-hybridized carbons (Fsp3) is 0.300. The van der Waals surface area contributed by atoms with Crippen LogP contribution in [0.25, 0.3) is 0 Å². The molecule has 3 N–H and O–H groups in total. The van der Waals surface area contributed by atoms with Crippen LogP contribution < -0.4 is 11.1 Å². The second-order valence-corrected chi connectivity index (χ2v) is 5.29. The Hall–Kier alpha value is -1.07. The highest BCUT2D eigenvalue weighted by Crippen LogP contribution is 2.21. The zero-order valence-corrected chi connectivity index (χ0v) is 10.1. The average molecular weight is 239 g/mol. The quantitative estimate of drug-likeness (QED) is 0.862. The molecule has 3 nitrogen and oxygen atoms in total. The number of aromatic nitrogens is 1. The molecule has 15 heavy (non-hydrogen) atoms. The van der Waals surface area contributed by atoms with E-state index in [2.05, 4.69) is 34.1 Å². The van der Waals surface area contributed by atoms with E-state index in [1.165, 1.54) is 16.9 Å². The van der Waals surface area contributed by atoms with E-state index in [1.807, 2.05) is 0 Å². The SMILES string of the molecule is CC(Cc1ccsc1)Nc1ncc(N)s1. The number of rotatable bonds is 4. The smallest absolute Gasteiger partial charge is 0.184 e. The van der Waals surface area contributed by atoms with Gasteiger partial charge in [0.2, 0.25) is 0 Å². The van der Waals surface area contributed by atoms with Gasteiger partial charge in [-0.05, 0) is 35.7 Å². The standard InChI is InChI=1S/C10H13N3S2/c1-7(4-8-2-3-14-6-8)13-10-12-5-9(11)15-10/h2-3,5-7H,4,11H2,1H3,(H,12,13). The van der Waals surface area contributed by atoms with E-state index < -0.39 is 0 Å². The van der Waals surface area contributed by atoms with Crippen LogP contribution >= 0.6 is 22.7 Å². The van der Waals surface area contributed by atoms with Gasteiger partial charge in [-0.15, -0.1) is 0 Å². The molecule has 0 aliphatic carbocycles. The average Bonchev–Trinajstić information content (AvgIpc) is 2.77. The minimum absolute atomic E-state index is 0.380. The monoisotopic (exact) mass is 239 g/mol. The lowest BCUT2D eigenvalue weighted by molar-refractivity contribution is 0.791. The van der Waals surface area contributed by atoms with Crippen LogP contribution in [-0.4, -0.2) is 11.0 Å². The number of hydrogen-bond donors (Lipinski definition) is 2. The molecule has 0 fully saturated rings. The van der Waals surface area contributed by atoms with Crippen molar-refractivity contribution in [1.29, 1.82) is 0 Å². The van der Waals surface area contributed by atoms with Crippen molar-refractivity contribution in [2.75, 3.05) is 11.1 Å². The summed E-state index contributed by atoms with van der Waals surface area (Å²) in [6, 6.07) is 2.53. The van der Waals surface area contributed by atoms with Crippen molar-refractivity contribution in [3.63, 3.8) is 0 Å². The number of nitrogens with two attached hydrogens (primary N) is 1. The molecular weight excluding hydrogens is 226 g/mol. The molecular formula is C10H13N3S2. The maximum Gasteiger partial charge on any atom is 0.184 e. The van der Waals surface area contributed by atoms with Crippen molar-refractivity contribution >= 4 is 32.8 Å². The molecule has 1 unspecified atom stereocenters. The van der Waals surface area contributed by atoms with Crippen LogP contribution in [0.4, 0.5) is 10.1 Å². The summed E-state index contributed by atoms with van der Waals surface area (Å²) in [5.74, 6) is 0. The van der Waals surface area contributed by atoms with Crippen LogP contribution in [0.2, 0.25) is 0 Å². The third-order valence-electron chi connectivity index (χ3n) is 2.02. The molecule has 0 aliphatic heterocycles. The molecule has 0 aromatic carbocycles. The maximum absolute atomic E-state index is 5.61. The Kier molecular flexibility index (Phi) is 3.23. The van der Waals surface area contributed by atoms with Gasteiger partial charge in [0.05, 0.1) is 6.20 Å². The van der Waals surface area contributed by atoms with Gasteiger partial charge in [0.15, 0.2) is 5.13 Å². The number of anilines is 2. The number of nitrogens with one attached hydrogen (secondary N) is 1. The van der Waals surface area contributed by atoms with Crippen molar-refractivity contribution in [3.8, 4) is 0 Å². The van der Waals surface area contributed by atoms with E-state index in [0.717, 1.165) is 16.6 Å². The van der Waals surface area contributed by atoms with E-state index in [0.29, 0.717) is 6.04 Å². The fourth-order valence-corrected chi connectivity index (χ4v) is 2.75. The van der Waals surface area contributed by atoms with E-state index in [1.54, 1.807) is 17.5 Å². The highest BCUT2D eigenvalue weighted by molar-refractivity contribution is 7.19. The molecule has 0 radical (unpaired) electrons. The van der Waals surface area contributed by atoms with Crippen LogP contribution in [-0.2, 0) is 6.42 Å². The van der Waals surface area contributed by atoms with Crippen molar-refractivity contribution in [1.82, 2.24) is 4.98 Å². The minimum atomic E-state index is 0.380. The minimum Gasteiger partial charge on any atom is -0.389 e. The van der Waals surface area contributed by atoms with E-state index in [4.69, 9.17) is 5.73 Å². The molecule has 1 atom stereocenters. The first kappa shape index (κ1) is 10.4. The molecule has 0 aliphatic rings. The lowest BCUT2D eigenvalue weighted by atomic mass is 10.1. The lowest BCUT2D eigenvalue weighted by Gasteiger charge is -2.11. The Labute approximate surface area is 97.0 Å². The van der Waals surface area contributed by atoms with Crippen LogP contribution in [0.1, 0.15) is 12.5 Å². The molecule has 0 saturated carbocycles. The molecule has 0 saturated heterocycles. The number of hydrogen-bond acceptors (Lipinski definition) is 5. The fourth-order valence-electron chi connectivity index (χ4n) is 1.38. The van der Waals surface area contributed by atoms with Crippen LogP contribution in [0.15, 0.2) is 23.0 Å². The number of thiophene rings is 1. The van der Waals surface area contributed by atoms with Crippen molar-refractivity contribution in [3.05, 3.63) is 28.6 Å². The zero-order chi connectivity index (χ0) is 10.7. The predicted octanol–water partition coefficient (Wildman–Crippen LogP) is 2.83. The van der Waals surface area contributed by atoms with Crippen molar-refractivity contribution in [2.45, 2.75) is 19.4 Å². The van der Waals surface area contributed by atoms with Gasteiger partial charge in [-0.1, -0.05) is 11.3 Å². The summed E-state index contributed by atoms with van der Waals surface area (Å²) in [7, 11) is 0. The lowest BCUT2D eigenvalue weighted by Crippen LogP contribution is -2.17. The van der Waals surface area contributed by atoms with Gasteiger partial charge in [-0.2, -0.15) is 11.3 Å². The van der Waals surface area contributed by atoms with Gasteiger partial charge >= 0.3 is 0 Å². The Balaban J connectivity index is 1.90. The largest absolute Gasteiger partial charge is 0.389 e. The van der Waals surface area contributed by atoms with Crippen LogP contribution in [0, 0.1) is 0 Å². The third kappa shape index (κ3) is 2.94. The number of nitrogen functional groups attached to an aromatic ring is 1. The zero-order valence-electron chi connectivity index (χ0n) is 8.43. The first-order valence-corrected chi connectivity index (χ1v) is 6.49. The summed E-state index contributed by atoms with van der Waals surface area (Å²) >= 11 is 3.22. The topological polar surface area (TPSA) is 50.9 Å². The molecule has 2 aromatic rings. The van der Waals surface area contributed by atoms with Gasteiger partial charge < -0.3 is 11.1 Å². The van der Waals surface area contributed by atoms with E-state index in [-0.39, 0.29) is 0 Å². The molecule has 5 heteroatoms. The van der Waals surface area contributed by atoms with E-state index >= 15 is 0 Å². The summed E-state index contributed by atoms with van der Waals surface area (Å²) in [6.07, 6.45) is 2.70. The van der Waals surface area contributed by atoms with Gasteiger partial charge in [-0.3, -0.25) is 0 Å². The molecule has 0 amide bonds. The molecule has 80 valence electrons. The molecule has 2 heterocycles. The third-order valence-corrected chi connectivity index (χ3v) is 3.51. The highest BCUT2D eigenvalue weighted by Gasteiger charge is 2.06. The summed E-state index contributed by atoms with van der Waals surface area (Å²) in [5, 5.41) is 9.26. The van der Waals surface area contributed by atoms with Gasteiger partial charge in [-0.25, -0.2) is 4.98 Å². The number of thiazole rings is 1. The Morgan fingerprint density at radius 2 is 2.47 bits per heavy atom. The Morgan fingerprint density at radius 3 is 3.07 bits per heavy atom. The van der Waals surface area contributed by atoms with E-state index in [9.17, 15) is 0 Å². The summed E-state index contributed by atoms with van der Waals surface area (Å²) in [4.78, 5) is 4.17. The second kappa shape index (κ2) is 4.63. The van der Waals surface area contributed by atoms with Crippen molar-refractivity contribution in [2.24, 2.45) is 0 Å². The molecule has 0 bridgehead atoms. The van der Waals surface area contributed by atoms with Gasteiger partial charge in [0.1, 0.15) is 5.00 Å². The second-order valence-electron chi connectivity index (χ2n) is 3.45. The molecule has 0 spiro atoms. The normalized spacial score (nSPS) is 12.6. The maximum atomic E-state index is 5.61. The Bertz CT molecular complexity index is 408. The highest BCUT2D eigenvalue weighted by atomic mass is 32.1. The summed E-state index contributed by atoms with van der Waals surface area (Å²) in [5.41, 5.74) is 6.97.